The van der Waals surface area contributed by atoms with E-state index in [9.17, 15) is 4.79 Å². The summed E-state index contributed by atoms with van der Waals surface area (Å²) in [5, 5.41) is 11.6. The van der Waals surface area contributed by atoms with E-state index >= 15 is 0 Å². The Labute approximate surface area is 149 Å². The van der Waals surface area contributed by atoms with Crippen LogP contribution in [-0.4, -0.2) is 47.8 Å². The second-order valence-electron chi connectivity index (χ2n) is 6.96. The van der Waals surface area contributed by atoms with E-state index in [1.54, 1.807) is 19.0 Å². The maximum absolute atomic E-state index is 12.2. The maximum Gasteiger partial charge on any atom is 0.223 e. The summed E-state index contributed by atoms with van der Waals surface area (Å²) in [6.07, 6.45) is 0.462. The van der Waals surface area contributed by atoms with Crippen LogP contribution >= 0.6 is 0 Å². The predicted molar refractivity (Wildman–Crippen MR) is 99.4 cm³/mol. The van der Waals surface area contributed by atoms with Gasteiger partial charge in [0.1, 0.15) is 5.82 Å². The summed E-state index contributed by atoms with van der Waals surface area (Å²) in [4.78, 5) is 13.9. The van der Waals surface area contributed by atoms with Crippen LogP contribution in [0.15, 0.2) is 36.4 Å². The first-order valence-electron chi connectivity index (χ1n) is 8.79. The first-order chi connectivity index (χ1) is 12.0. The van der Waals surface area contributed by atoms with Crippen molar-refractivity contribution in [3.8, 4) is 0 Å². The van der Waals surface area contributed by atoms with Gasteiger partial charge in [0.05, 0.1) is 5.69 Å². The Kier molecular flexibility index (Phi) is 5.38. The first kappa shape index (κ1) is 17.5. The number of aromatic nitrogens is 2. The van der Waals surface area contributed by atoms with E-state index in [0.717, 1.165) is 36.7 Å². The molecule has 6 nitrogen and oxygen atoms in total. The summed E-state index contributed by atoms with van der Waals surface area (Å²) in [6, 6.07) is 12.3. The van der Waals surface area contributed by atoms with Gasteiger partial charge >= 0.3 is 0 Å². The Bertz CT molecular complexity index is 710. The molecule has 1 amide bonds. The topological polar surface area (TPSA) is 62.2 Å². The fourth-order valence-electron chi connectivity index (χ4n) is 3.18. The molecule has 2 N–H and O–H groups in total. The average Bonchev–Trinajstić information content (AvgIpc) is 2.98. The molecule has 3 rings (SSSR count). The normalized spacial score (nSPS) is 17.5. The third-order valence-corrected chi connectivity index (χ3v) is 4.64. The second-order valence-corrected chi connectivity index (χ2v) is 6.96. The molecule has 0 unspecified atom stereocenters. The molecule has 2 atom stereocenters. The number of amides is 1. The van der Waals surface area contributed by atoms with E-state index < -0.39 is 0 Å². The zero-order valence-corrected chi connectivity index (χ0v) is 15.2. The molecule has 1 aliphatic rings. The lowest BCUT2D eigenvalue weighted by molar-refractivity contribution is -0.129. The molecule has 2 aromatic rings. The van der Waals surface area contributed by atoms with Crippen molar-refractivity contribution in [2.45, 2.75) is 25.9 Å². The van der Waals surface area contributed by atoms with Crippen molar-refractivity contribution in [3.05, 3.63) is 47.7 Å². The molecular weight excluding hydrogens is 314 g/mol. The highest BCUT2D eigenvalue weighted by atomic mass is 16.2. The van der Waals surface area contributed by atoms with Gasteiger partial charge in [-0.2, -0.15) is 5.10 Å². The van der Waals surface area contributed by atoms with Crippen molar-refractivity contribution in [3.63, 3.8) is 0 Å². The van der Waals surface area contributed by atoms with E-state index in [4.69, 9.17) is 0 Å². The molecule has 1 aromatic heterocycles. The van der Waals surface area contributed by atoms with Crippen LogP contribution in [0.1, 0.15) is 23.7 Å². The third kappa shape index (κ3) is 4.39. The molecule has 0 spiro atoms. The van der Waals surface area contributed by atoms with Gasteiger partial charge in [-0.05, 0) is 12.5 Å². The number of nitrogens with one attached hydrogen (secondary N) is 2. The van der Waals surface area contributed by atoms with Gasteiger partial charge in [0, 0.05) is 58.2 Å². The van der Waals surface area contributed by atoms with Crippen LogP contribution in [0, 0.1) is 12.8 Å². The second kappa shape index (κ2) is 7.70. The Hall–Kier alpha value is -2.34. The Balaban J connectivity index is 1.63. The van der Waals surface area contributed by atoms with Gasteiger partial charge in [0.25, 0.3) is 0 Å². The lowest BCUT2D eigenvalue weighted by atomic mass is 10.0. The fraction of sp³-hybridized carbons (Fsp3) is 0.474. The minimum Gasteiger partial charge on any atom is -0.370 e. The van der Waals surface area contributed by atoms with Gasteiger partial charge in [0.2, 0.25) is 5.91 Å². The monoisotopic (exact) mass is 341 g/mol. The highest BCUT2D eigenvalue weighted by Gasteiger charge is 2.22. The Morgan fingerprint density at radius 1 is 1.40 bits per heavy atom. The molecule has 6 heteroatoms. The number of rotatable bonds is 6. The largest absolute Gasteiger partial charge is 0.370 e. The van der Waals surface area contributed by atoms with Crippen molar-refractivity contribution in [2.75, 3.05) is 32.5 Å². The van der Waals surface area contributed by atoms with Gasteiger partial charge in [-0.1, -0.05) is 30.3 Å². The van der Waals surface area contributed by atoms with Crippen LogP contribution in [0.3, 0.4) is 0 Å². The van der Waals surface area contributed by atoms with Gasteiger partial charge in [-0.3, -0.25) is 4.79 Å². The summed E-state index contributed by atoms with van der Waals surface area (Å²) in [7, 11) is 3.61. The predicted octanol–water partition coefficient (Wildman–Crippen LogP) is 2.04. The number of fused-ring (bicyclic) bond motifs is 1. The number of nitrogens with zero attached hydrogens (tertiary/aromatic N) is 3. The number of benzene rings is 1. The van der Waals surface area contributed by atoms with Crippen LogP contribution in [-0.2, 0) is 11.3 Å². The summed E-state index contributed by atoms with van der Waals surface area (Å²) in [5.41, 5.74) is 2.19. The molecule has 0 fully saturated rings. The van der Waals surface area contributed by atoms with E-state index in [0.29, 0.717) is 12.3 Å². The van der Waals surface area contributed by atoms with Crippen molar-refractivity contribution in [1.29, 1.82) is 0 Å². The van der Waals surface area contributed by atoms with Gasteiger partial charge < -0.3 is 15.5 Å². The highest BCUT2D eigenvalue weighted by molar-refractivity contribution is 5.76. The molecule has 2 heterocycles. The number of hydrogen-bond donors (Lipinski definition) is 2. The van der Waals surface area contributed by atoms with Crippen LogP contribution in [0.5, 0.6) is 0 Å². The smallest absolute Gasteiger partial charge is 0.223 e. The highest BCUT2D eigenvalue weighted by Crippen LogP contribution is 2.21. The molecule has 0 aliphatic carbocycles. The zero-order valence-electron chi connectivity index (χ0n) is 15.2. The quantitative estimate of drug-likeness (QED) is 0.844. The molecule has 1 aromatic carbocycles. The zero-order chi connectivity index (χ0) is 17.8. The van der Waals surface area contributed by atoms with Crippen LogP contribution in [0.25, 0.3) is 0 Å². The SMILES string of the molecule is Cc1cc2n(n1)C[C@@H](CN[C@@H](CC(=O)N(C)C)c1ccccc1)CN2. The van der Waals surface area contributed by atoms with Gasteiger partial charge in [0.15, 0.2) is 0 Å². The van der Waals surface area contributed by atoms with E-state index in [1.165, 1.54) is 0 Å². The summed E-state index contributed by atoms with van der Waals surface area (Å²) >= 11 is 0. The molecule has 0 radical (unpaired) electrons. The summed E-state index contributed by atoms with van der Waals surface area (Å²) in [6.45, 7) is 4.66. The maximum atomic E-state index is 12.2. The van der Waals surface area contributed by atoms with Crippen molar-refractivity contribution >= 4 is 11.7 Å². The minimum absolute atomic E-state index is 0.0249. The van der Waals surface area contributed by atoms with Crippen LogP contribution in [0.4, 0.5) is 5.82 Å². The van der Waals surface area contributed by atoms with Gasteiger partial charge in [-0.15, -0.1) is 0 Å². The molecule has 1 aliphatic heterocycles. The molecular formula is C19H27N5O. The average molecular weight is 341 g/mol. The Morgan fingerprint density at radius 2 is 2.16 bits per heavy atom. The van der Waals surface area contributed by atoms with E-state index in [2.05, 4.69) is 33.9 Å². The molecule has 0 saturated carbocycles. The van der Waals surface area contributed by atoms with Crippen LogP contribution in [0.2, 0.25) is 0 Å². The summed E-state index contributed by atoms with van der Waals surface area (Å²) < 4.78 is 2.04. The van der Waals surface area contributed by atoms with E-state index in [1.807, 2.05) is 29.8 Å². The number of carbonyl (C=O) groups excluding carboxylic acids is 1. The van der Waals surface area contributed by atoms with Crippen LogP contribution < -0.4 is 10.6 Å². The fourth-order valence-corrected chi connectivity index (χ4v) is 3.18. The first-order valence-corrected chi connectivity index (χ1v) is 8.79. The number of aryl methyl sites for hydroxylation is 1. The molecule has 134 valence electrons. The van der Waals surface area contributed by atoms with Crippen molar-refractivity contribution in [1.82, 2.24) is 20.0 Å². The molecule has 0 bridgehead atoms. The van der Waals surface area contributed by atoms with E-state index in [-0.39, 0.29) is 11.9 Å². The lowest BCUT2D eigenvalue weighted by Gasteiger charge is -2.28. The molecule has 25 heavy (non-hydrogen) atoms. The van der Waals surface area contributed by atoms with Gasteiger partial charge in [-0.25, -0.2) is 4.68 Å². The third-order valence-electron chi connectivity index (χ3n) is 4.64. The number of hydrogen-bond acceptors (Lipinski definition) is 4. The number of anilines is 1. The summed E-state index contributed by atoms with van der Waals surface area (Å²) in [5.74, 6) is 1.66. The standard InChI is InChI=1S/C19H27N5O/c1-14-9-18-21-12-15(13-24(18)22-14)11-20-17(10-19(25)23(2)3)16-7-5-4-6-8-16/h4-9,15,17,20-21H,10-13H2,1-3H3/t15-,17-/m0/s1. The number of carbonyl (C=O) groups is 1. The minimum atomic E-state index is 0.0249. The lowest BCUT2D eigenvalue weighted by Crippen LogP contribution is -2.38. The van der Waals surface area contributed by atoms with Crippen molar-refractivity contribution in [2.24, 2.45) is 5.92 Å². The van der Waals surface area contributed by atoms with Crippen molar-refractivity contribution < 1.29 is 4.79 Å². The molecule has 0 saturated heterocycles. The Morgan fingerprint density at radius 3 is 2.88 bits per heavy atom.